The molecule has 1 aliphatic rings. The monoisotopic (exact) mass is 317 g/mol. The number of pyridine rings is 1. The predicted octanol–water partition coefficient (Wildman–Crippen LogP) is 3.12. The fourth-order valence-electron chi connectivity index (χ4n) is 3.18. The van der Waals surface area contributed by atoms with Crippen LogP contribution in [0.15, 0.2) is 18.2 Å². The van der Waals surface area contributed by atoms with Gasteiger partial charge in [0.2, 0.25) is 5.91 Å². The number of nitrogens with one attached hydrogen (secondary N) is 1. The number of amides is 1. The third-order valence-electron chi connectivity index (χ3n) is 4.84. The normalized spacial score (nSPS) is 17.5. The molecular formula is C19H31N3O. The number of aryl methyl sites for hydroxylation is 1. The van der Waals surface area contributed by atoms with Crippen molar-refractivity contribution in [2.45, 2.75) is 58.9 Å². The van der Waals surface area contributed by atoms with Gasteiger partial charge in [0.15, 0.2) is 0 Å². The molecule has 0 aliphatic carbocycles. The summed E-state index contributed by atoms with van der Waals surface area (Å²) in [4.78, 5) is 19.5. The molecule has 1 aliphatic heterocycles. The van der Waals surface area contributed by atoms with E-state index in [1.54, 1.807) is 0 Å². The van der Waals surface area contributed by atoms with Crippen LogP contribution in [-0.2, 0) is 4.79 Å². The van der Waals surface area contributed by atoms with Crippen LogP contribution in [0.2, 0.25) is 0 Å². The number of nitrogens with zero attached hydrogens (tertiary/aromatic N) is 2. The molecule has 1 aromatic rings. The zero-order chi connectivity index (χ0) is 17.0. The summed E-state index contributed by atoms with van der Waals surface area (Å²) in [5.74, 6) is 1.13. The Morgan fingerprint density at radius 1 is 1.35 bits per heavy atom. The molecule has 2 rings (SSSR count). The zero-order valence-corrected chi connectivity index (χ0v) is 15.2. The van der Waals surface area contributed by atoms with Gasteiger partial charge < -0.3 is 5.32 Å². The van der Waals surface area contributed by atoms with Crippen molar-refractivity contribution in [3.63, 3.8) is 0 Å². The first-order chi connectivity index (χ1) is 10.8. The lowest BCUT2D eigenvalue weighted by Gasteiger charge is -2.41. The van der Waals surface area contributed by atoms with Crippen LogP contribution in [0.3, 0.4) is 0 Å². The third kappa shape index (κ3) is 4.54. The van der Waals surface area contributed by atoms with Crippen LogP contribution in [0.25, 0.3) is 0 Å². The maximum absolute atomic E-state index is 12.5. The molecule has 23 heavy (non-hydrogen) atoms. The molecule has 1 fully saturated rings. The molecule has 0 unspecified atom stereocenters. The minimum Gasteiger partial charge on any atom is -0.354 e. The topological polar surface area (TPSA) is 45.2 Å². The lowest BCUT2D eigenvalue weighted by atomic mass is 9.89. The molecule has 0 bridgehead atoms. The van der Waals surface area contributed by atoms with Crippen molar-refractivity contribution in [1.82, 2.24) is 15.2 Å². The Balaban J connectivity index is 1.93. The molecule has 1 N–H and O–H groups in total. The third-order valence-corrected chi connectivity index (χ3v) is 4.84. The minimum absolute atomic E-state index is 0.137. The maximum Gasteiger partial charge on any atom is 0.239 e. The molecule has 1 aromatic heterocycles. The van der Waals surface area contributed by atoms with Crippen molar-refractivity contribution in [2.24, 2.45) is 5.92 Å². The van der Waals surface area contributed by atoms with Gasteiger partial charge in [0.25, 0.3) is 0 Å². The molecular weight excluding hydrogens is 286 g/mol. The van der Waals surface area contributed by atoms with E-state index in [9.17, 15) is 4.79 Å². The highest BCUT2D eigenvalue weighted by molar-refractivity contribution is 5.85. The Labute approximate surface area is 140 Å². The van der Waals surface area contributed by atoms with Gasteiger partial charge in [-0.05, 0) is 64.8 Å². The van der Waals surface area contributed by atoms with Crippen molar-refractivity contribution in [1.29, 1.82) is 0 Å². The van der Waals surface area contributed by atoms with E-state index < -0.39 is 5.54 Å². The molecule has 1 saturated heterocycles. The van der Waals surface area contributed by atoms with Crippen molar-refractivity contribution >= 4 is 5.91 Å². The number of piperidine rings is 1. The highest BCUT2D eigenvalue weighted by Gasteiger charge is 2.37. The van der Waals surface area contributed by atoms with Gasteiger partial charge >= 0.3 is 0 Å². The van der Waals surface area contributed by atoms with Crippen molar-refractivity contribution in [3.05, 3.63) is 29.6 Å². The number of rotatable bonds is 5. The number of hydrogen-bond acceptors (Lipinski definition) is 3. The van der Waals surface area contributed by atoms with Crippen LogP contribution in [0, 0.1) is 12.8 Å². The predicted molar refractivity (Wildman–Crippen MR) is 94.4 cm³/mol. The van der Waals surface area contributed by atoms with Gasteiger partial charge in [-0.2, -0.15) is 0 Å². The summed E-state index contributed by atoms with van der Waals surface area (Å²) >= 11 is 0. The molecule has 0 radical (unpaired) electrons. The molecule has 0 saturated carbocycles. The van der Waals surface area contributed by atoms with E-state index in [1.165, 1.54) is 5.69 Å². The van der Waals surface area contributed by atoms with E-state index in [4.69, 9.17) is 0 Å². The standard InChI is InChI=1S/C19H31N3O/c1-14(2)13-20-18(23)19(4,5)22-11-9-16(10-12-22)17-8-6-7-15(3)21-17/h6-8,14,16H,9-13H2,1-5H3,(H,20,23). The summed E-state index contributed by atoms with van der Waals surface area (Å²) in [6.07, 6.45) is 2.13. The highest BCUT2D eigenvalue weighted by atomic mass is 16.2. The quantitative estimate of drug-likeness (QED) is 0.907. The van der Waals surface area contributed by atoms with E-state index in [1.807, 2.05) is 26.8 Å². The van der Waals surface area contributed by atoms with E-state index in [0.29, 0.717) is 11.8 Å². The first-order valence-electron chi connectivity index (χ1n) is 8.77. The summed E-state index contributed by atoms with van der Waals surface area (Å²) in [5.41, 5.74) is 1.84. The first kappa shape index (κ1) is 17.9. The fourth-order valence-corrected chi connectivity index (χ4v) is 3.18. The Hall–Kier alpha value is -1.42. The van der Waals surface area contributed by atoms with Gasteiger partial charge in [0.1, 0.15) is 0 Å². The fraction of sp³-hybridized carbons (Fsp3) is 0.684. The van der Waals surface area contributed by atoms with Gasteiger partial charge in [0, 0.05) is 23.9 Å². The minimum atomic E-state index is -0.445. The van der Waals surface area contributed by atoms with Gasteiger partial charge in [-0.25, -0.2) is 0 Å². The van der Waals surface area contributed by atoms with Crippen molar-refractivity contribution < 1.29 is 4.79 Å². The van der Waals surface area contributed by atoms with E-state index in [2.05, 4.69) is 41.2 Å². The lowest BCUT2D eigenvalue weighted by Crippen LogP contribution is -2.57. The number of likely N-dealkylation sites (tertiary alicyclic amines) is 1. The Kier molecular flexibility index (Phi) is 5.79. The van der Waals surface area contributed by atoms with E-state index >= 15 is 0 Å². The molecule has 4 heteroatoms. The molecule has 0 aromatic carbocycles. The molecule has 0 atom stereocenters. The van der Waals surface area contributed by atoms with Gasteiger partial charge in [-0.1, -0.05) is 19.9 Å². The SMILES string of the molecule is Cc1cccc(C2CCN(C(C)(C)C(=O)NCC(C)C)CC2)n1. The number of aromatic nitrogens is 1. The van der Waals surface area contributed by atoms with Crippen LogP contribution in [0.5, 0.6) is 0 Å². The Morgan fingerprint density at radius 3 is 2.57 bits per heavy atom. The van der Waals surface area contributed by atoms with Gasteiger partial charge in [-0.15, -0.1) is 0 Å². The van der Waals surface area contributed by atoms with Gasteiger partial charge in [-0.3, -0.25) is 14.7 Å². The number of carbonyl (C=O) groups excluding carboxylic acids is 1. The Bertz CT molecular complexity index is 531. The average Bonchev–Trinajstić information content (AvgIpc) is 2.52. The summed E-state index contributed by atoms with van der Waals surface area (Å²) in [6, 6.07) is 6.27. The summed E-state index contributed by atoms with van der Waals surface area (Å²) in [5, 5.41) is 3.08. The lowest BCUT2D eigenvalue weighted by molar-refractivity contribution is -0.132. The average molecular weight is 317 g/mol. The summed E-state index contributed by atoms with van der Waals surface area (Å²) < 4.78 is 0. The van der Waals surface area contributed by atoms with Crippen molar-refractivity contribution in [2.75, 3.05) is 19.6 Å². The molecule has 0 spiro atoms. The smallest absolute Gasteiger partial charge is 0.239 e. The summed E-state index contributed by atoms with van der Waals surface area (Å²) in [7, 11) is 0. The van der Waals surface area contributed by atoms with Crippen LogP contribution in [0.1, 0.15) is 57.8 Å². The highest BCUT2D eigenvalue weighted by Crippen LogP contribution is 2.30. The number of hydrogen-bond donors (Lipinski definition) is 1. The van der Waals surface area contributed by atoms with E-state index in [-0.39, 0.29) is 5.91 Å². The van der Waals surface area contributed by atoms with Crippen LogP contribution >= 0.6 is 0 Å². The Morgan fingerprint density at radius 2 is 2.00 bits per heavy atom. The van der Waals surface area contributed by atoms with Crippen LogP contribution in [-0.4, -0.2) is 41.0 Å². The summed E-state index contributed by atoms with van der Waals surface area (Å²) in [6.45, 7) is 13.0. The second kappa shape index (κ2) is 7.43. The maximum atomic E-state index is 12.5. The number of carbonyl (C=O) groups is 1. The largest absolute Gasteiger partial charge is 0.354 e. The second-order valence-electron chi connectivity index (χ2n) is 7.63. The molecule has 2 heterocycles. The zero-order valence-electron chi connectivity index (χ0n) is 15.2. The van der Waals surface area contributed by atoms with Crippen LogP contribution in [0.4, 0.5) is 0 Å². The molecule has 1 amide bonds. The second-order valence-corrected chi connectivity index (χ2v) is 7.63. The van der Waals surface area contributed by atoms with Crippen LogP contribution < -0.4 is 5.32 Å². The molecule has 128 valence electrons. The molecule has 4 nitrogen and oxygen atoms in total. The van der Waals surface area contributed by atoms with Gasteiger partial charge in [0.05, 0.1) is 5.54 Å². The van der Waals surface area contributed by atoms with Crippen molar-refractivity contribution in [3.8, 4) is 0 Å². The van der Waals surface area contributed by atoms with E-state index in [0.717, 1.165) is 38.2 Å². The first-order valence-corrected chi connectivity index (χ1v) is 8.77.